The van der Waals surface area contributed by atoms with Crippen molar-refractivity contribution < 1.29 is 32.3 Å². The summed E-state index contributed by atoms with van der Waals surface area (Å²) >= 11 is 0.787. The van der Waals surface area contributed by atoms with E-state index in [2.05, 4.69) is 10.4 Å². The number of hydrogen-bond acceptors (Lipinski definition) is 6. The van der Waals surface area contributed by atoms with Crippen LogP contribution in [0.4, 0.5) is 18.2 Å². The van der Waals surface area contributed by atoms with Crippen molar-refractivity contribution in [3.8, 4) is 0 Å². The average Bonchev–Trinajstić information content (AvgIpc) is 3.17. The van der Waals surface area contributed by atoms with Gasteiger partial charge < -0.3 is 15.8 Å². The number of halogens is 3. The highest BCUT2D eigenvalue weighted by Crippen LogP contribution is 2.33. The van der Waals surface area contributed by atoms with Crippen molar-refractivity contribution in [2.24, 2.45) is 5.73 Å². The van der Waals surface area contributed by atoms with Gasteiger partial charge in [0.05, 0.1) is 17.0 Å². The van der Waals surface area contributed by atoms with Crippen molar-refractivity contribution in [2.45, 2.75) is 33.0 Å². The summed E-state index contributed by atoms with van der Waals surface area (Å²) in [6.45, 7) is 2.89. The van der Waals surface area contributed by atoms with Crippen LogP contribution in [0.2, 0.25) is 0 Å². The zero-order chi connectivity index (χ0) is 21.1. The minimum atomic E-state index is -4.63. The summed E-state index contributed by atoms with van der Waals surface area (Å²) in [5, 5.41) is 5.72. The molecule has 0 spiro atoms. The van der Waals surface area contributed by atoms with Crippen LogP contribution in [0, 0.1) is 6.92 Å². The quantitative estimate of drug-likeness (QED) is 0.671. The Kier molecular flexibility index (Phi) is 6.44. The van der Waals surface area contributed by atoms with E-state index in [-0.39, 0.29) is 27.6 Å². The van der Waals surface area contributed by atoms with Crippen molar-refractivity contribution in [2.75, 3.05) is 11.9 Å². The Hall–Kier alpha value is -2.89. The van der Waals surface area contributed by atoms with E-state index in [1.807, 2.05) is 0 Å². The van der Waals surface area contributed by atoms with Crippen LogP contribution in [0.15, 0.2) is 12.3 Å². The van der Waals surface area contributed by atoms with Gasteiger partial charge in [0.2, 0.25) is 5.91 Å². The molecule has 152 valence electrons. The Morgan fingerprint density at radius 1 is 1.36 bits per heavy atom. The molecule has 0 aliphatic carbocycles. The van der Waals surface area contributed by atoms with Gasteiger partial charge in [-0.15, -0.1) is 11.3 Å². The molecule has 0 aliphatic rings. The summed E-state index contributed by atoms with van der Waals surface area (Å²) in [6.07, 6.45) is -3.05. The number of carbonyl (C=O) groups is 3. The third-order valence-electron chi connectivity index (χ3n) is 3.50. The first-order chi connectivity index (χ1) is 13.0. The van der Waals surface area contributed by atoms with Gasteiger partial charge in [-0.2, -0.15) is 18.3 Å². The van der Waals surface area contributed by atoms with Gasteiger partial charge in [-0.3, -0.25) is 14.3 Å². The van der Waals surface area contributed by atoms with Gasteiger partial charge in [0.15, 0.2) is 5.69 Å². The van der Waals surface area contributed by atoms with Crippen molar-refractivity contribution in [1.29, 1.82) is 0 Å². The summed E-state index contributed by atoms with van der Waals surface area (Å²) in [5.74, 6) is -2.26. The number of alkyl halides is 3. The summed E-state index contributed by atoms with van der Waals surface area (Å²) < 4.78 is 43.6. The van der Waals surface area contributed by atoms with Crippen molar-refractivity contribution in [3.05, 3.63) is 34.0 Å². The van der Waals surface area contributed by atoms with Gasteiger partial charge in [0.25, 0.3) is 5.91 Å². The summed E-state index contributed by atoms with van der Waals surface area (Å²) in [5.41, 5.74) is 4.39. The Morgan fingerprint density at radius 3 is 2.57 bits per heavy atom. The largest absolute Gasteiger partial charge is 0.462 e. The van der Waals surface area contributed by atoms with E-state index in [1.54, 1.807) is 6.92 Å². The summed E-state index contributed by atoms with van der Waals surface area (Å²) in [4.78, 5) is 36.1. The molecule has 0 bridgehead atoms. The number of ether oxygens (including phenoxy) is 1. The Bertz CT molecular complexity index is 904. The first kappa shape index (κ1) is 21.4. The van der Waals surface area contributed by atoms with Crippen LogP contribution >= 0.6 is 11.3 Å². The highest BCUT2D eigenvalue weighted by atomic mass is 32.1. The van der Waals surface area contributed by atoms with Gasteiger partial charge in [0, 0.05) is 6.20 Å². The van der Waals surface area contributed by atoms with Gasteiger partial charge >= 0.3 is 12.1 Å². The van der Waals surface area contributed by atoms with E-state index in [0.717, 1.165) is 28.3 Å². The second-order valence-corrected chi connectivity index (χ2v) is 6.73. The molecule has 0 saturated carbocycles. The van der Waals surface area contributed by atoms with E-state index in [4.69, 9.17) is 10.5 Å². The molecule has 0 aliphatic heterocycles. The maximum absolute atomic E-state index is 12.6. The highest BCUT2D eigenvalue weighted by Gasteiger charge is 2.33. The van der Waals surface area contributed by atoms with Crippen molar-refractivity contribution in [1.82, 2.24) is 9.78 Å². The molecular weight excluding hydrogens is 401 g/mol. The summed E-state index contributed by atoms with van der Waals surface area (Å²) in [6, 6.07) is 0.737. The average molecular weight is 418 g/mol. The molecule has 0 atom stereocenters. The second kappa shape index (κ2) is 8.42. The van der Waals surface area contributed by atoms with Crippen LogP contribution in [0.5, 0.6) is 0 Å². The maximum Gasteiger partial charge on any atom is 0.435 e. The van der Waals surface area contributed by atoms with Gasteiger partial charge in [-0.05, 0) is 25.0 Å². The summed E-state index contributed by atoms with van der Waals surface area (Å²) in [7, 11) is 0. The SMILES string of the molecule is CCCOC(=O)c1c(NC(=O)Cn2ccc(C(F)(F)F)n2)sc(C(N)=O)c1C. The molecule has 0 radical (unpaired) electrons. The second-order valence-electron chi connectivity index (χ2n) is 5.70. The number of thiophene rings is 1. The van der Waals surface area contributed by atoms with Crippen LogP contribution < -0.4 is 11.1 Å². The Labute approximate surface area is 161 Å². The number of nitrogens with two attached hydrogens (primary N) is 1. The molecule has 28 heavy (non-hydrogen) atoms. The van der Waals surface area contributed by atoms with Crippen molar-refractivity contribution in [3.63, 3.8) is 0 Å². The molecule has 2 heterocycles. The van der Waals surface area contributed by atoms with E-state index in [1.165, 1.54) is 6.92 Å². The lowest BCUT2D eigenvalue weighted by Gasteiger charge is -2.08. The smallest absolute Gasteiger partial charge is 0.435 e. The normalized spacial score (nSPS) is 11.3. The molecule has 12 heteroatoms. The van der Waals surface area contributed by atoms with E-state index < -0.39 is 36.2 Å². The standard InChI is InChI=1S/C16H17F3N4O4S/c1-3-6-27-15(26)11-8(2)12(13(20)25)28-14(11)21-10(24)7-23-5-4-9(22-23)16(17,18)19/h4-5H,3,6-7H2,1-2H3,(H2,20,25)(H,21,24). The zero-order valence-corrected chi connectivity index (χ0v) is 15.7. The molecule has 8 nitrogen and oxygen atoms in total. The number of hydrogen-bond donors (Lipinski definition) is 2. The topological polar surface area (TPSA) is 116 Å². The van der Waals surface area contributed by atoms with E-state index >= 15 is 0 Å². The van der Waals surface area contributed by atoms with Gasteiger partial charge in [0.1, 0.15) is 11.5 Å². The number of carbonyl (C=O) groups excluding carboxylic acids is 3. The van der Waals surface area contributed by atoms with Crippen LogP contribution in [0.1, 0.15) is 44.6 Å². The molecule has 0 aromatic carbocycles. The minimum absolute atomic E-state index is 0.0166. The minimum Gasteiger partial charge on any atom is -0.462 e. The number of primary amides is 1. The van der Waals surface area contributed by atoms with Crippen LogP contribution in [0.25, 0.3) is 0 Å². The number of anilines is 1. The predicted octanol–water partition coefficient (Wildman–Crippen LogP) is 2.58. The molecule has 0 unspecified atom stereocenters. The first-order valence-electron chi connectivity index (χ1n) is 8.05. The van der Waals surface area contributed by atoms with Crippen LogP contribution in [0.3, 0.4) is 0 Å². The molecule has 2 aromatic heterocycles. The third kappa shape index (κ3) is 4.88. The van der Waals surface area contributed by atoms with E-state index in [9.17, 15) is 27.6 Å². The lowest BCUT2D eigenvalue weighted by Crippen LogP contribution is -2.21. The highest BCUT2D eigenvalue weighted by molar-refractivity contribution is 7.18. The van der Waals surface area contributed by atoms with Gasteiger partial charge in [-0.25, -0.2) is 4.79 Å². The Morgan fingerprint density at radius 2 is 2.04 bits per heavy atom. The van der Waals surface area contributed by atoms with Crippen molar-refractivity contribution >= 4 is 34.1 Å². The van der Waals surface area contributed by atoms with Crippen LogP contribution in [-0.4, -0.2) is 34.2 Å². The third-order valence-corrected chi connectivity index (χ3v) is 4.72. The molecule has 2 aromatic rings. The van der Waals surface area contributed by atoms with E-state index in [0.29, 0.717) is 6.42 Å². The van der Waals surface area contributed by atoms with Crippen LogP contribution in [-0.2, 0) is 22.3 Å². The van der Waals surface area contributed by atoms with Gasteiger partial charge in [-0.1, -0.05) is 6.92 Å². The molecule has 2 rings (SSSR count). The number of amides is 2. The Balaban J connectivity index is 2.23. The number of aromatic nitrogens is 2. The monoisotopic (exact) mass is 418 g/mol. The predicted molar refractivity (Wildman–Crippen MR) is 94.0 cm³/mol. The number of nitrogens with zero attached hydrogens (tertiary/aromatic N) is 2. The fraction of sp³-hybridized carbons (Fsp3) is 0.375. The number of rotatable bonds is 7. The lowest BCUT2D eigenvalue weighted by molar-refractivity contribution is -0.141. The number of esters is 1. The molecule has 0 fully saturated rings. The molecule has 3 N–H and O–H groups in total. The zero-order valence-electron chi connectivity index (χ0n) is 14.9. The molecule has 2 amide bonds. The molecular formula is C16H17F3N4O4S. The fourth-order valence-corrected chi connectivity index (χ4v) is 3.33. The molecule has 0 saturated heterocycles. The fourth-order valence-electron chi connectivity index (χ4n) is 2.26. The first-order valence-corrected chi connectivity index (χ1v) is 8.87. The lowest BCUT2D eigenvalue weighted by atomic mass is 10.1. The maximum atomic E-state index is 12.6. The number of nitrogens with one attached hydrogen (secondary N) is 1.